The zero-order valence-corrected chi connectivity index (χ0v) is 12.1. The van der Waals surface area contributed by atoms with E-state index in [9.17, 15) is 0 Å². The number of rotatable bonds is 5. The summed E-state index contributed by atoms with van der Waals surface area (Å²) in [6.45, 7) is 5.60. The number of ether oxygens (including phenoxy) is 1. The molecule has 2 N–H and O–H groups in total. The number of aromatic nitrogens is 1. The number of hydrogen-bond acceptors (Lipinski definition) is 5. The van der Waals surface area contributed by atoms with E-state index in [1.165, 1.54) is 30.8 Å². The molecule has 1 aliphatic rings. The Hall–Kier alpha value is -0.490. The summed E-state index contributed by atoms with van der Waals surface area (Å²) < 4.78 is 5.17. The van der Waals surface area contributed by atoms with Gasteiger partial charge in [0, 0.05) is 24.6 Å². The first-order chi connectivity index (χ1) is 8.74. The van der Waals surface area contributed by atoms with Crippen LogP contribution in [-0.2, 0) is 24.4 Å². The molecule has 4 nitrogen and oxygen atoms in total. The lowest BCUT2D eigenvalue weighted by molar-refractivity contribution is 0.151. The number of methoxy groups -OCH3 is 1. The Morgan fingerprint density at radius 1 is 1.50 bits per heavy atom. The van der Waals surface area contributed by atoms with Crippen LogP contribution in [0.25, 0.3) is 0 Å². The molecule has 5 heteroatoms. The zero-order valence-electron chi connectivity index (χ0n) is 11.3. The third kappa shape index (κ3) is 3.29. The molecular weight excluding hydrogens is 246 g/mol. The van der Waals surface area contributed by atoms with E-state index >= 15 is 0 Å². The fourth-order valence-corrected chi connectivity index (χ4v) is 3.46. The smallest absolute Gasteiger partial charge is 0.107 e. The molecule has 1 saturated heterocycles. The van der Waals surface area contributed by atoms with Crippen molar-refractivity contribution < 1.29 is 4.74 Å². The van der Waals surface area contributed by atoms with Gasteiger partial charge in [-0.05, 0) is 26.3 Å². The van der Waals surface area contributed by atoms with Crippen molar-refractivity contribution in [2.24, 2.45) is 5.73 Å². The monoisotopic (exact) mass is 269 g/mol. The molecule has 1 aromatic rings. The summed E-state index contributed by atoms with van der Waals surface area (Å²) >= 11 is 1.74. The van der Waals surface area contributed by atoms with E-state index < -0.39 is 0 Å². The lowest BCUT2D eigenvalue weighted by Gasteiger charge is -2.32. The summed E-state index contributed by atoms with van der Waals surface area (Å²) in [5, 5.41) is 1.18. The highest BCUT2D eigenvalue weighted by molar-refractivity contribution is 7.11. The molecule has 2 heterocycles. The minimum atomic E-state index is 0.561. The Bertz CT molecular complexity index is 380. The number of hydrogen-bond donors (Lipinski definition) is 1. The van der Waals surface area contributed by atoms with Gasteiger partial charge < -0.3 is 10.5 Å². The van der Waals surface area contributed by atoms with Crippen molar-refractivity contribution in [2.75, 3.05) is 13.7 Å². The first-order valence-electron chi connectivity index (χ1n) is 6.65. The molecule has 1 unspecified atom stereocenters. The maximum Gasteiger partial charge on any atom is 0.107 e. The second-order valence-electron chi connectivity index (χ2n) is 4.93. The highest BCUT2D eigenvalue weighted by atomic mass is 32.1. The summed E-state index contributed by atoms with van der Waals surface area (Å²) in [6.07, 6.45) is 3.98. The maximum atomic E-state index is 5.76. The summed E-state index contributed by atoms with van der Waals surface area (Å²) in [6, 6.07) is 0.676. The highest BCUT2D eigenvalue weighted by Crippen LogP contribution is 2.24. The van der Waals surface area contributed by atoms with Gasteiger partial charge >= 0.3 is 0 Å². The van der Waals surface area contributed by atoms with Gasteiger partial charge in [-0.3, -0.25) is 4.90 Å². The van der Waals surface area contributed by atoms with Gasteiger partial charge in [0.15, 0.2) is 0 Å². The van der Waals surface area contributed by atoms with E-state index in [1.807, 2.05) is 0 Å². The fraction of sp³-hybridized carbons (Fsp3) is 0.769. The van der Waals surface area contributed by atoms with Crippen LogP contribution in [0.3, 0.4) is 0 Å². The summed E-state index contributed by atoms with van der Waals surface area (Å²) in [4.78, 5) is 8.36. The van der Waals surface area contributed by atoms with E-state index in [0.29, 0.717) is 19.2 Å². The molecule has 1 fully saturated rings. The fourth-order valence-electron chi connectivity index (χ4n) is 2.48. The molecule has 1 aromatic heterocycles. The molecule has 102 valence electrons. The third-order valence-corrected chi connectivity index (χ3v) is 4.67. The lowest BCUT2D eigenvalue weighted by atomic mass is 10.0. The van der Waals surface area contributed by atoms with Crippen LogP contribution < -0.4 is 5.73 Å². The first-order valence-corrected chi connectivity index (χ1v) is 7.46. The summed E-state index contributed by atoms with van der Waals surface area (Å²) in [5.74, 6) is 0. The van der Waals surface area contributed by atoms with Gasteiger partial charge in [-0.1, -0.05) is 6.42 Å². The van der Waals surface area contributed by atoms with Crippen LogP contribution in [0, 0.1) is 0 Å². The Balaban J connectivity index is 2.04. The van der Waals surface area contributed by atoms with Gasteiger partial charge in [0.2, 0.25) is 0 Å². The normalized spacial score (nSPS) is 21.4. The van der Waals surface area contributed by atoms with E-state index in [0.717, 1.165) is 17.1 Å². The van der Waals surface area contributed by atoms with E-state index in [1.54, 1.807) is 18.4 Å². The molecule has 0 aliphatic carbocycles. The topological polar surface area (TPSA) is 51.4 Å². The molecule has 0 radical (unpaired) electrons. The van der Waals surface area contributed by atoms with Crippen molar-refractivity contribution in [3.8, 4) is 0 Å². The molecule has 2 rings (SSSR count). The second kappa shape index (κ2) is 6.61. The van der Waals surface area contributed by atoms with Crippen molar-refractivity contribution in [1.82, 2.24) is 9.88 Å². The van der Waals surface area contributed by atoms with Crippen LogP contribution in [0.1, 0.15) is 41.8 Å². The third-order valence-electron chi connectivity index (χ3n) is 3.57. The Morgan fingerprint density at radius 2 is 2.33 bits per heavy atom. The molecule has 0 amide bonds. The van der Waals surface area contributed by atoms with Gasteiger partial charge in [0.25, 0.3) is 0 Å². The van der Waals surface area contributed by atoms with E-state index in [4.69, 9.17) is 10.5 Å². The van der Waals surface area contributed by atoms with Crippen molar-refractivity contribution in [3.63, 3.8) is 0 Å². The Morgan fingerprint density at radius 3 is 3.00 bits per heavy atom. The van der Waals surface area contributed by atoms with E-state index in [2.05, 4.69) is 16.8 Å². The quantitative estimate of drug-likeness (QED) is 0.889. The van der Waals surface area contributed by atoms with Crippen molar-refractivity contribution >= 4 is 11.3 Å². The molecule has 0 aromatic carbocycles. The van der Waals surface area contributed by atoms with Gasteiger partial charge in [0.1, 0.15) is 5.01 Å². The number of nitrogens with zero attached hydrogens (tertiary/aromatic N) is 2. The van der Waals surface area contributed by atoms with Crippen LogP contribution in [0.2, 0.25) is 0 Å². The molecule has 0 spiro atoms. The minimum absolute atomic E-state index is 0.561. The van der Waals surface area contributed by atoms with Crippen LogP contribution in [0.4, 0.5) is 0 Å². The zero-order chi connectivity index (χ0) is 13.0. The second-order valence-corrected chi connectivity index (χ2v) is 6.10. The van der Waals surface area contributed by atoms with Crippen molar-refractivity contribution in [2.45, 2.75) is 51.9 Å². The van der Waals surface area contributed by atoms with Crippen molar-refractivity contribution in [1.29, 1.82) is 0 Å². The molecule has 1 aliphatic heterocycles. The molecule has 1 atom stereocenters. The number of nitrogens with two attached hydrogens (primary N) is 1. The van der Waals surface area contributed by atoms with Crippen LogP contribution >= 0.6 is 11.3 Å². The SMILES string of the molecule is COCc1nc(CN2CCCCC2C)sc1CN. The molecule has 0 bridgehead atoms. The maximum absolute atomic E-state index is 5.76. The van der Waals surface area contributed by atoms with Crippen LogP contribution in [0.15, 0.2) is 0 Å². The average Bonchev–Trinajstić information content (AvgIpc) is 2.75. The van der Waals surface area contributed by atoms with Crippen molar-refractivity contribution in [3.05, 3.63) is 15.6 Å². The number of piperidine rings is 1. The Kier molecular flexibility index (Phi) is 5.12. The van der Waals surface area contributed by atoms with Gasteiger partial charge in [-0.2, -0.15) is 0 Å². The largest absolute Gasteiger partial charge is 0.378 e. The minimum Gasteiger partial charge on any atom is -0.378 e. The van der Waals surface area contributed by atoms with Gasteiger partial charge in [0.05, 0.1) is 18.8 Å². The highest BCUT2D eigenvalue weighted by Gasteiger charge is 2.20. The molecular formula is C13H23N3OS. The molecule has 0 saturated carbocycles. The van der Waals surface area contributed by atoms with Gasteiger partial charge in [-0.15, -0.1) is 11.3 Å². The first kappa shape index (κ1) is 13.9. The summed E-state index contributed by atoms with van der Waals surface area (Å²) in [7, 11) is 1.70. The van der Waals surface area contributed by atoms with Crippen LogP contribution in [0.5, 0.6) is 0 Å². The van der Waals surface area contributed by atoms with Crippen LogP contribution in [-0.4, -0.2) is 29.6 Å². The summed E-state index contributed by atoms with van der Waals surface area (Å²) in [5.41, 5.74) is 6.77. The number of thiazole rings is 1. The Labute approximate surface area is 113 Å². The lowest BCUT2D eigenvalue weighted by Crippen LogP contribution is -2.36. The number of likely N-dealkylation sites (tertiary alicyclic amines) is 1. The van der Waals surface area contributed by atoms with E-state index in [-0.39, 0.29) is 0 Å². The predicted octanol–water partition coefficient (Wildman–Crippen LogP) is 2.12. The molecule has 18 heavy (non-hydrogen) atoms. The van der Waals surface area contributed by atoms with Gasteiger partial charge in [-0.25, -0.2) is 4.98 Å². The standard InChI is InChI=1S/C13H23N3OS/c1-10-5-3-4-6-16(10)8-13-15-11(9-17-2)12(7-14)18-13/h10H,3-9,14H2,1-2H3. The average molecular weight is 269 g/mol. The predicted molar refractivity (Wildman–Crippen MR) is 74.4 cm³/mol.